The number of alkyl halides is 2. The standard InChI is InChI=1S/C18H14ClF2N3O4S2/c1-9-14(16-22-7-12(8-23-16)28-18(20)21)6-15(29-9)17(25)24-11-3-10(19)4-13(5-11)30(2,26)27/h3-8,18H,1-2H3,(H,24,25). The molecule has 0 saturated heterocycles. The van der Waals surface area contributed by atoms with Gasteiger partial charge in [0, 0.05) is 27.4 Å². The van der Waals surface area contributed by atoms with Crippen molar-refractivity contribution in [3.63, 3.8) is 0 Å². The van der Waals surface area contributed by atoms with Gasteiger partial charge in [0.15, 0.2) is 21.4 Å². The smallest absolute Gasteiger partial charge is 0.387 e. The Morgan fingerprint density at radius 3 is 2.47 bits per heavy atom. The minimum atomic E-state index is -3.50. The van der Waals surface area contributed by atoms with Gasteiger partial charge in [0.1, 0.15) is 0 Å². The average Bonchev–Trinajstić information content (AvgIpc) is 3.02. The summed E-state index contributed by atoms with van der Waals surface area (Å²) in [7, 11) is -3.50. The molecule has 1 amide bonds. The van der Waals surface area contributed by atoms with E-state index in [2.05, 4.69) is 20.0 Å². The first kappa shape index (κ1) is 22.1. The number of carbonyl (C=O) groups is 1. The summed E-state index contributed by atoms with van der Waals surface area (Å²) >= 11 is 7.12. The van der Waals surface area contributed by atoms with E-state index in [1.54, 1.807) is 13.0 Å². The SMILES string of the molecule is Cc1sc(C(=O)Nc2cc(Cl)cc(S(C)(=O)=O)c2)cc1-c1ncc(OC(F)F)cn1. The molecule has 0 radical (unpaired) electrons. The van der Waals surface area contributed by atoms with E-state index in [-0.39, 0.29) is 27.2 Å². The largest absolute Gasteiger partial charge is 0.432 e. The van der Waals surface area contributed by atoms with E-state index in [9.17, 15) is 22.0 Å². The molecule has 7 nitrogen and oxygen atoms in total. The van der Waals surface area contributed by atoms with Crippen molar-refractivity contribution in [2.24, 2.45) is 0 Å². The fourth-order valence-electron chi connectivity index (χ4n) is 2.48. The molecule has 2 aromatic heterocycles. The van der Waals surface area contributed by atoms with E-state index in [1.807, 2.05) is 0 Å². The van der Waals surface area contributed by atoms with Crippen molar-refractivity contribution in [3.8, 4) is 17.1 Å². The molecule has 0 spiro atoms. The summed E-state index contributed by atoms with van der Waals surface area (Å²) in [5, 5.41) is 2.78. The van der Waals surface area contributed by atoms with Gasteiger partial charge < -0.3 is 10.1 Å². The Balaban J connectivity index is 1.83. The van der Waals surface area contributed by atoms with E-state index in [4.69, 9.17) is 11.6 Å². The van der Waals surface area contributed by atoms with Crippen LogP contribution in [-0.4, -0.2) is 37.2 Å². The highest BCUT2D eigenvalue weighted by atomic mass is 35.5. The number of ether oxygens (including phenoxy) is 1. The maximum Gasteiger partial charge on any atom is 0.387 e. The normalized spacial score (nSPS) is 11.5. The van der Waals surface area contributed by atoms with E-state index in [0.29, 0.717) is 10.4 Å². The number of nitrogens with zero attached hydrogens (tertiary/aromatic N) is 2. The summed E-state index contributed by atoms with van der Waals surface area (Å²) in [6.45, 7) is -1.22. The highest BCUT2D eigenvalue weighted by Crippen LogP contribution is 2.30. The molecule has 0 unspecified atom stereocenters. The Hall–Kier alpha value is -2.63. The third kappa shape index (κ3) is 5.29. The second kappa shape index (κ2) is 8.62. The van der Waals surface area contributed by atoms with Crippen LogP contribution >= 0.6 is 22.9 Å². The Bertz CT molecular complexity index is 1200. The van der Waals surface area contributed by atoms with Crippen LogP contribution in [0.1, 0.15) is 14.5 Å². The number of anilines is 1. The Morgan fingerprint density at radius 1 is 1.20 bits per heavy atom. The second-order valence-corrected chi connectivity index (χ2v) is 9.81. The first-order chi connectivity index (χ1) is 14.0. The number of hydrogen-bond acceptors (Lipinski definition) is 7. The molecule has 1 aromatic carbocycles. The Labute approximate surface area is 179 Å². The van der Waals surface area contributed by atoms with Crippen molar-refractivity contribution < 1.29 is 26.7 Å². The third-order valence-electron chi connectivity index (χ3n) is 3.79. The summed E-state index contributed by atoms with van der Waals surface area (Å²) in [6.07, 6.45) is 3.27. The molecule has 3 aromatic rings. The van der Waals surface area contributed by atoms with E-state index >= 15 is 0 Å². The van der Waals surface area contributed by atoms with Gasteiger partial charge in [0.25, 0.3) is 5.91 Å². The molecular weight excluding hydrogens is 460 g/mol. The van der Waals surface area contributed by atoms with Crippen molar-refractivity contribution in [3.05, 3.63) is 51.4 Å². The van der Waals surface area contributed by atoms with Gasteiger partial charge in [-0.05, 0) is 31.2 Å². The van der Waals surface area contributed by atoms with Gasteiger partial charge in [-0.25, -0.2) is 18.4 Å². The molecule has 12 heteroatoms. The maximum absolute atomic E-state index is 12.6. The highest BCUT2D eigenvalue weighted by molar-refractivity contribution is 7.90. The summed E-state index contributed by atoms with van der Waals surface area (Å²) in [5.41, 5.74) is 0.780. The lowest BCUT2D eigenvalue weighted by atomic mass is 10.2. The number of aromatic nitrogens is 2. The summed E-state index contributed by atoms with van der Waals surface area (Å²) in [6, 6.07) is 5.59. The number of amides is 1. The lowest BCUT2D eigenvalue weighted by Gasteiger charge is -2.07. The minimum absolute atomic E-state index is 0.0205. The Morgan fingerprint density at radius 2 is 1.87 bits per heavy atom. The molecular formula is C18H14ClF2N3O4S2. The van der Waals surface area contributed by atoms with Gasteiger partial charge in [-0.15, -0.1) is 11.3 Å². The van der Waals surface area contributed by atoms with E-state index in [1.165, 1.54) is 29.5 Å². The van der Waals surface area contributed by atoms with E-state index < -0.39 is 22.4 Å². The number of sulfone groups is 1. The molecule has 0 fully saturated rings. The van der Waals surface area contributed by atoms with Gasteiger partial charge in [0.05, 0.1) is 22.2 Å². The predicted octanol–water partition coefficient (Wildman–Crippen LogP) is 4.42. The number of aryl methyl sites for hydroxylation is 1. The molecule has 0 aliphatic rings. The predicted molar refractivity (Wildman–Crippen MR) is 109 cm³/mol. The van der Waals surface area contributed by atoms with E-state index in [0.717, 1.165) is 23.5 Å². The number of thiophene rings is 1. The van der Waals surface area contributed by atoms with Crippen LogP contribution in [0.3, 0.4) is 0 Å². The Kier molecular flexibility index (Phi) is 6.34. The third-order valence-corrected chi connectivity index (χ3v) is 6.15. The van der Waals surface area contributed by atoms with Crippen LogP contribution in [-0.2, 0) is 9.84 Å². The topological polar surface area (TPSA) is 98.2 Å². The van der Waals surface area contributed by atoms with Crippen LogP contribution < -0.4 is 10.1 Å². The number of rotatable bonds is 6. The molecule has 0 aliphatic carbocycles. The molecule has 1 N–H and O–H groups in total. The van der Waals surface area contributed by atoms with Crippen LogP contribution in [0.4, 0.5) is 14.5 Å². The number of carbonyl (C=O) groups excluding carboxylic acids is 1. The number of benzene rings is 1. The summed E-state index contributed by atoms with van der Waals surface area (Å²) in [5.74, 6) is -0.414. The van der Waals surface area contributed by atoms with Gasteiger partial charge in [-0.1, -0.05) is 11.6 Å². The molecule has 0 aliphatic heterocycles. The number of nitrogens with one attached hydrogen (secondary N) is 1. The van der Waals surface area contributed by atoms with Gasteiger partial charge >= 0.3 is 6.61 Å². The molecule has 0 bridgehead atoms. The first-order valence-corrected chi connectivity index (χ1v) is 11.3. The van der Waals surface area contributed by atoms with Crippen molar-refractivity contribution in [2.45, 2.75) is 18.4 Å². The van der Waals surface area contributed by atoms with Crippen molar-refractivity contribution in [2.75, 3.05) is 11.6 Å². The second-order valence-electron chi connectivity index (χ2n) is 6.10. The van der Waals surface area contributed by atoms with Crippen molar-refractivity contribution in [1.29, 1.82) is 0 Å². The highest BCUT2D eigenvalue weighted by Gasteiger charge is 2.17. The first-order valence-electron chi connectivity index (χ1n) is 8.22. The minimum Gasteiger partial charge on any atom is -0.432 e. The van der Waals surface area contributed by atoms with Gasteiger partial charge in [-0.2, -0.15) is 8.78 Å². The lowest BCUT2D eigenvalue weighted by molar-refractivity contribution is -0.0503. The zero-order valence-corrected chi connectivity index (χ0v) is 17.9. The number of halogens is 3. The summed E-state index contributed by atoms with van der Waals surface area (Å²) in [4.78, 5) is 21.6. The molecule has 158 valence electrons. The molecule has 0 atom stereocenters. The molecule has 3 rings (SSSR count). The van der Waals surface area contributed by atoms with Crippen LogP contribution in [0.25, 0.3) is 11.4 Å². The fourth-order valence-corrected chi connectivity index (χ4v) is 4.37. The van der Waals surface area contributed by atoms with Crippen molar-refractivity contribution >= 4 is 44.4 Å². The molecule has 30 heavy (non-hydrogen) atoms. The van der Waals surface area contributed by atoms with Gasteiger partial charge in [0.2, 0.25) is 0 Å². The quantitative estimate of drug-likeness (QED) is 0.569. The summed E-state index contributed by atoms with van der Waals surface area (Å²) < 4.78 is 52.2. The monoisotopic (exact) mass is 473 g/mol. The lowest BCUT2D eigenvalue weighted by Crippen LogP contribution is -2.11. The van der Waals surface area contributed by atoms with Crippen LogP contribution in [0.15, 0.2) is 41.6 Å². The average molecular weight is 474 g/mol. The van der Waals surface area contributed by atoms with Gasteiger partial charge in [-0.3, -0.25) is 4.79 Å². The van der Waals surface area contributed by atoms with Crippen molar-refractivity contribution in [1.82, 2.24) is 9.97 Å². The number of hydrogen-bond donors (Lipinski definition) is 1. The zero-order chi connectivity index (χ0) is 22.1. The van der Waals surface area contributed by atoms with Crippen LogP contribution in [0, 0.1) is 6.92 Å². The molecule has 0 saturated carbocycles. The van der Waals surface area contributed by atoms with Crippen LogP contribution in [0.5, 0.6) is 5.75 Å². The molecule has 2 heterocycles. The fraction of sp³-hybridized carbons (Fsp3) is 0.167. The maximum atomic E-state index is 12.6. The zero-order valence-electron chi connectivity index (χ0n) is 15.5. The van der Waals surface area contributed by atoms with Crippen LogP contribution in [0.2, 0.25) is 5.02 Å².